The summed E-state index contributed by atoms with van der Waals surface area (Å²) in [5, 5.41) is 384. The summed E-state index contributed by atoms with van der Waals surface area (Å²) in [5.74, 6) is 0. The molecule has 10 radical (unpaired) electrons. The van der Waals surface area contributed by atoms with Crippen LogP contribution in [0.4, 0.5) is 0 Å². The third kappa shape index (κ3) is 3530. The van der Waals surface area contributed by atoms with E-state index in [0.717, 1.165) is 0 Å². The minimum atomic E-state index is -1.75. The predicted octanol–water partition coefficient (Wildman–Crippen LogP) is -6.24. The van der Waals surface area contributed by atoms with Gasteiger partial charge in [-0.2, -0.15) is 0 Å². The molecule has 0 rings (SSSR count). The summed E-state index contributed by atoms with van der Waals surface area (Å²) in [4.78, 5) is 214. The molecule has 0 aromatic carbocycles. The quantitative estimate of drug-likeness (QED) is 0.161. The Bertz CT molecular complexity index is 1470. The molecule has 0 aromatic heterocycles. The zero-order valence-electron chi connectivity index (χ0n) is 46.8. The average molecular weight is 2200 g/mol. The van der Waals surface area contributed by atoms with Crippen molar-refractivity contribution in [2.45, 2.75) is 0 Å². The van der Waals surface area contributed by atoms with Crippen molar-refractivity contribution >= 4 is 0 Å². The first-order valence-corrected chi connectivity index (χ1v) is 14.2. The maximum Gasteiger partial charge on any atom is 2.00 e. The Labute approximate surface area is 695 Å². The van der Waals surface area contributed by atoms with Crippen LogP contribution < -0.4 is 0 Å². The van der Waals surface area contributed by atoms with Gasteiger partial charge in [0.15, 0.2) is 0 Å². The van der Waals surface area contributed by atoms with E-state index in [2.05, 4.69) is 0 Å². The molecule has 0 unspecified atom stereocenters. The van der Waals surface area contributed by atoms with E-state index >= 15 is 0 Å². The summed E-state index contributed by atoms with van der Waals surface area (Å²) >= 11 is 0. The molecule has 0 aliphatic rings. The van der Waals surface area contributed by atoms with Gasteiger partial charge in [0.2, 0.25) is 0 Å². The standard InChI is InChI=1S/10Co.26NO3/c;;;;;;;;;;26*2-1(3)4/q10*+2;26*-1. The van der Waals surface area contributed by atoms with Gasteiger partial charge in [-0.25, -0.2) is 0 Å². The van der Waals surface area contributed by atoms with E-state index in [0.29, 0.717) is 0 Å². The Kier molecular flexibility index (Phi) is 489. The van der Waals surface area contributed by atoms with Gasteiger partial charge in [-0.3, -0.25) is 0 Å². The number of hydrogen-bond acceptors (Lipinski definition) is 78. The molecule has 0 fully saturated rings. The van der Waals surface area contributed by atoms with Crippen molar-refractivity contribution in [1.29, 1.82) is 0 Å². The topological polar surface area (TPSA) is 1720 Å². The minimum absolute atomic E-state index is 0. The van der Waals surface area contributed by atoms with Gasteiger partial charge in [0.05, 0.1) is 132 Å². The smallest absolute Gasteiger partial charge is 0.356 e. The summed E-state index contributed by atoms with van der Waals surface area (Å²) in [6.45, 7) is 0. The molecular formula is Co10N26O78-6. The van der Waals surface area contributed by atoms with E-state index in [9.17, 15) is 0 Å². The van der Waals surface area contributed by atoms with Gasteiger partial charge in [-0.1, -0.05) is 0 Å². The largest absolute Gasteiger partial charge is 2.00 e. The van der Waals surface area contributed by atoms with Crippen LogP contribution in [0.5, 0.6) is 0 Å². The Morgan fingerprint density at radius 3 is 0.0614 bits per heavy atom. The van der Waals surface area contributed by atoms with Crippen LogP contribution in [0, 0.1) is 398 Å². The molecule has 104 nitrogen and oxygen atoms in total. The summed E-state index contributed by atoms with van der Waals surface area (Å²) in [6, 6.07) is 0. The van der Waals surface area contributed by atoms with E-state index in [1.54, 1.807) is 0 Å². The summed E-state index contributed by atoms with van der Waals surface area (Å²) in [6.07, 6.45) is 0. The molecule has 0 saturated heterocycles. The van der Waals surface area contributed by atoms with Crippen molar-refractivity contribution in [3.8, 4) is 0 Å². The summed E-state index contributed by atoms with van der Waals surface area (Å²) < 4.78 is 0. The molecule has 0 aliphatic heterocycles. The van der Waals surface area contributed by atoms with Crippen molar-refractivity contribution in [3.05, 3.63) is 398 Å². The van der Waals surface area contributed by atoms with E-state index < -0.39 is 132 Å². The van der Waals surface area contributed by atoms with Crippen molar-refractivity contribution in [3.63, 3.8) is 0 Å². The fraction of sp³-hybridized carbons (Fsp3) is 0. The summed E-state index contributed by atoms with van der Waals surface area (Å²) in [5.41, 5.74) is 0. The van der Waals surface area contributed by atoms with Crippen LogP contribution in [0.2, 0.25) is 0 Å². The van der Waals surface area contributed by atoms with Crippen LogP contribution in [0.25, 0.3) is 0 Å². The molecule has 0 N–H and O–H groups in total. The average Bonchev–Trinajstić information content (AvgIpc) is 3.18. The third-order valence-electron chi connectivity index (χ3n) is 0. The third-order valence-corrected chi connectivity index (χ3v) is 0. The van der Waals surface area contributed by atoms with Crippen molar-refractivity contribution in [2.24, 2.45) is 0 Å². The van der Waals surface area contributed by atoms with Gasteiger partial charge in [0, 0.05) is 0 Å². The molecule has 0 heterocycles. The van der Waals surface area contributed by atoms with Crippen LogP contribution in [0.1, 0.15) is 0 Å². The van der Waals surface area contributed by atoms with Crippen LogP contribution in [0.3, 0.4) is 0 Å². The Morgan fingerprint density at radius 2 is 0.0614 bits per heavy atom. The number of rotatable bonds is 0. The van der Waals surface area contributed by atoms with Crippen LogP contribution in [-0.4, -0.2) is 132 Å². The first-order valence-electron chi connectivity index (χ1n) is 14.2. The Balaban J connectivity index is -0.0000000163. The van der Waals surface area contributed by atoms with Gasteiger partial charge in [-0.15, -0.1) is 0 Å². The molecule has 0 aliphatic carbocycles. The van der Waals surface area contributed by atoms with Crippen molar-refractivity contribution < 1.29 is 300 Å². The molecule has 0 bridgehead atoms. The molecule has 114 heavy (non-hydrogen) atoms. The molecule has 0 saturated carbocycles. The zero-order chi connectivity index (χ0) is 93.0. The fourth-order valence-corrected chi connectivity index (χ4v) is 0. The SMILES string of the molecule is O=[N+]([O-])[O-].O=[N+]([O-])[O-].O=[N+]([O-])[O-].O=[N+]([O-])[O-].O=[N+]([O-])[O-].O=[N+]([O-])[O-].O=[N+]([O-])[O-].O=[N+]([O-])[O-].O=[N+]([O-])[O-].O=[N+]([O-])[O-].O=[N+]([O-])[O-].O=[N+]([O-])[O-].O=[N+]([O-])[O-].O=[N+]([O-])[O-].O=[N+]([O-])[O-].O=[N+]([O-])[O-].O=[N+]([O-])[O-].O=[N+]([O-])[O-].O=[N+]([O-])[O-].O=[N+]([O-])[O-].O=[N+]([O-])[O-].O=[N+]([O-])[O-].O=[N+]([O-])[O-].O=[N+]([O-])[O-].O=[N+]([O-])[O-].O=[N+]([O-])[O-].[Co+2].[Co+2].[Co+2].[Co+2].[Co+2].[Co+2].[Co+2].[Co+2].[Co+2].[Co+2]. The van der Waals surface area contributed by atoms with E-state index in [-0.39, 0.29) is 168 Å². The van der Waals surface area contributed by atoms with Gasteiger partial charge in [0.1, 0.15) is 0 Å². The second-order valence-electron chi connectivity index (χ2n) is 5.81. The van der Waals surface area contributed by atoms with Crippen LogP contribution in [0.15, 0.2) is 0 Å². The maximum absolute atomic E-state index is 8.25. The molecule has 0 atom stereocenters. The van der Waals surface area contributed by atoms with E-state index in [1.165, 1.54) is 0 Å². The first kappa shape index (κ1) is 240. The maximum atomic E-state index is 8.25. The zero-order valence-corrected chi connectivity index (χ0v) is 57.2. The molecule has 694 valence electrons. The normalized spacial score (nSPS) is 5.47. The van der Waals surface area contributed by atoms with E-state index in [4.69, 9.17) is 398 Å². The van der Waals surface area contributed by atoms with Crippen LogP contribution >= 0.6 is 0 Å². The van der Waals surface area contributed by atoms with Gasteiger partial charge >= 0.3 is 168 Å². The second-order valence-corrected chi connectivity index (χ2v) is 5.81. The van der Waals surface area contributed by atoms with Gasteiger partial charge < -0.3 is 398 Å². The summed E-state index contributed by atoms with van der Waals surface area (Å²) in [7, 11) is 0. The van der Waals surface area contributed by atoms with Gasteiger partial charge in [-0.05, 0) is 0 Å². The van der Waals surface area contributed by atoms with Crippen molar-refractivity contribution in [2.75, 3.05) is 0 Å². The molecular weight excluding hydrogens is 2200 g/mol. The monoisotopic (exact) mass is 2200 g/mol. The predicted molar refractivity (Wildman–Crippen MR) is 269 cm³/mol. The molecule has 0 spiro atoms. The molecule has 0 aromatic rings. The number of nitrogens with zero attached hydrogens (tertiary/aromatic N) is 26. The van der Waals surface area contributed by atoms with Crippen molar-refractivity contribution in [1.82, 2.24) is 0 Å². The second kappa shape index (κ2) is 232. The van der Waals surface area contributed by atoms with Gasteiger partial charge in [0.25, 0.3) is 0 Å². The fourth-order valence-electron chi connectivity index (χ4n) is 0. The minimum Gasteiger partial charge on any atom is -0.356 e. The Morgan fingerprint density at radius 1 is 0.0614 bits per heavy atom. The number of hydrogen-bond donors (Lipinski definition) is 0. The molecule has 114 heteroatoms. The molecule has 0 amide bonds. The first-order chi connectivity index (χ1) is 45.0. The van der Waals surface area contributed by atoms with E-state index in [1.807, 2.05) is 0 Å². The Hall–Kier alpha value is -15.7. The van der Waals surface area contributed by atoms with Crippen LogP contribution in [-0.2, 0) is 168 Å².